The standard InChI is InChI=1S/C16H29NO3S/c1-3-4-5-12-6-8-13(9-7-12)15(18)17-14(16(19)20)10-11-21-2/h12-14H,3-11H2,1-2H3,(H,17,18)(H,19,20). The number of carbonyl (C=O) groups is 2. The number of hydrogen-bond acceptors (Lipinski definition) is 3. The number of unbranched alkanes of at least 4 members (excludes halogenated alkanes) is 1. The fraction of sp³-hybridized carbons (Fsp3) is 0.875. The first-order valence-corrected chi connectivity index (χ1v) is 9.50. The van der Waals surface area contributed by atoms with Crippen molar-refractivity contribution in [1.82, 2.24) is 5.32 Å². The Labute approximate surface area is 132 Å². The number of aliphatic carboxylic acids is 1. The van der Waals surface area contributed by atoms with E-state index >= 15 is 0 Å². The molecule has 0 aliphatic heterocycles. The molecule has 1 rings (SSSR count). The lowest BCUT2D eigenvalue weighted by atomic mass is 9.79. The normalized spacial score (nSPS) is 23.5. The van der Waals surface area contributed by atoms with Crippen molar-refractivity contribution < 1.29 is 14.7 Å². The van der Waals surface area contributed by atoms with E-state index in [1.807, 2.05) is 6.26 Å². The summed E-state index contributed by atoms with van der Waals surface area (Å²) in [7, 11) is 0. The molecule has 4 nitrogen and oxygen atoms in total. The molecule has 1 aliphatic rings. The Balaban J connectivity index is 2.36. The first-order valence-electron chi connectivity index (χ1n) is 8.10. The predicted molar refractivity (Wildman–Crippen MR) is 87.5 cm³/mol. The number of amides is 1. The number of thioether (sulfide) groups is 1. The minimum Gasteiger partial charge on any atom is -0.480 e. The molecule has 1 amide bonds. The van der Waals surface area contributed by atoms with Crippen molar-refractivity contribution in [2.45, 2.75) is 64.3 Å². The fourth-order valence-corrected chi connectivity index (χ4v) is 3.46. The summed E-state index contributed by atoms with van der Waals surface area (Å²) < 4.78 is 0. The molecule has 2 N–H and O–H groups in total. The van der Waals surface area contributed by atoms with Gasteiger partial charge in [-0.25, -0.2) is 4.79 Å². The highest BCUT2D eigenvalue weighted by Crippen LogP contribution is 2.32. The molecule has 1 aliphatic carbocycles. The maximum absolute atomic E-state index is 12.2. The van der Waals surface area contributed by atoms with Crippen LogP contribution in [0.15, 0.2) is 0 Å². The van der Waals surface area contributed by atoms with Gasteiger partial charge in [-0.15, -0.1) is 0 Å². The number of carboxylic acid groups (broad SMARTS) is 1. The zero-order valence-electron chi connectivity index (χ0n) is 13.3. The molecular formula is C16H29NO3S. The summed E-state index contributed by atoms with van der Waals surface area (Å²) >= 11 is 1.60. The molecule has 0 spiro atoms. The number of carbonyl (C=O) groups excluding carboxylic acids is 1. The lowest BCUT2D eigenvalue weighted by Crippen LogP contribution is -2.44. The van der Waals surface area contributed by atoms with Gasteiger partial charge in [0.15, 0.2) is 0 Å². The van der Waals surface area contributed by atoms with E-state index in [0.717, 1.165) is 37.4 Å². The molecule has 122 valence electrons. The second kappa shape index (κ2) is 10.1. The van der Waals surface area contributed by atoms with Gasteiger partial charge in [0.25, 0.3) is 0 Å². The van der Waals surface area contributed by atoms with Crippen molar-refractivity contribution in [1.29, 1.82) is 0 Å². The van der Waals surface area contributed by atoms with Gasteiger partial charge in [0.2, 0.25) is 5.91 Å². The van der Waals surface area contributed by atoms with Gasteiger partial charge in [0, 0.05) is 5.92 Å². The molecule has 1 fully saturated rings. The smallest absolute Gasteiger partial charge is 0.326 e. The van der Waals surface area contributed by atoms with Crippen molar-refractivity contribution in [3.63, 3.8) is 0 Å². The molecule has 0 saturated heterocycles. The summed E-state index contributed by atoms with van der Waals surface area (Å²) in [6.45, 7) is 2.21. The van der Waals surface area contributed by atoms with E-state index in [9.17, 15) is 9.59 Å². The van der Waals surface area contributed by atoms with E-state index in [1.54, 1.807) is 11.8 Å². The summed E-state index contributed by atoms with van der Waals surface area (Å²) in [6.07, 6.45) is 10.3. The van der Waals surface area contributed by atoms with Crippen LogP contribution in [0.25, 0.3) is 0 Å². The Hall–Kier alpha value is -0.710. The van der Waals surface area contributed by atoms with Crippen LogP contribution in [0, 0.1) is 11.8 Å². The van der Waals surface area contributed by atoms with E-state index < -0.39 is 12.0 Å². The van der Waals surface area contributed by atoms with E-state index in [4.69, 9.17) is 5.11 Å². The highest BCUT2D eigenvalue weighted by molar-refractivity contribution is 7.98. The van der Waals surface area contributed by atoms with Crippen molar-refractivity contribution in [3.8, 4) is 0 Å². The third-order valence-corrected chi connectivity index (χ3v) is 5.05. The van der Waals surface area contributed by atoms with E-state index in [-0.39, 0.29) is 11.8 Å². The Morgan fingerprint density at radius 1 is 1.29 bits per heavy atom. The van der Waals surface area contributed by atoms with Crippen LogP contribution in [0.2, 0.25) is 0 Å². The second-order valence-electron chi connectivity index (χ2n) is 6.04. The van der Waals surface area contributed by atoms with Crippen LogP contribution < -0.4 is 5.32 Å². The van der Waals surface area contributed by atoms with Crippen LogP contribution in [0.3, 0.4) is 0 Å². The number of carboxylic acids is 1. The van der Waals surface area contributed by atoms with Crippen molar-refractivity contribution in [2.24, 2.45) is 11.8 Å². The van der Waals surface area contributed by atoms with Gasteiger partial charge >= 0.3 is 5.97 Å². The monoisotopic (exact) mass is 315 g/mol. The highest BCUT2D eigenvalue weighted by Gasteiger charge is 2.28. The van der Waals surface area contributed by atoms with E-state index in [2.05, 4.69) is 12.2 Å². The predicted octanol–water partition coefficient (Wildman–Crippen LogP) is 3.31. The van der Waals surface area contributed by atoms with Gasteiger partial charge in [0.05, 0.1) is 0 Å². The van der Waals surface area contributed by atoms with Gasteiger partial charge in [-0.1, -0.05) is 26.2 Å². The van der Waals surface area contributed by atoms with Crippen molar-refractivity contribution in [3.05, 3.63) is 0 Å². The van der Waals surface area contributed by atoms with Gasteiger partial charge in [-0.3, -0.25) is 4.79 Å². The second-order valence-corrected chi connectivity index (χ2v) is 7.03. The van der Waals surface area contributed by atoms with Crippen LogP contribution in [0.5, 0.6) is 0 Å². The molecule has 1 saturated carbocycles. The van der Waals surface area contributed by atoms with Gasteiger partial charge in [0.1, 0.15) is 6.04 Å². The Morgan fingerprint density at radius 3 is 2.48 bits per heavy atom. The van der Waals surface area contributed by atoms with Crippen LogP contribution in [0.1, 0.15) is 58.3 Å². The van der Waals surface area contributed by atoms with Crippen LogP contribution >= 0.6 is 11.8 Å². The van der Waals surface area contributed by atoms with Crippen molar-refractivity contribution >= 4 is 23.6 Å². The molecule has 1 unspecified atom stereocenters. The lowest BCUT2D eigenvalue weighted by molar-refractivity contribution is -0.142. The van der Waals surface area contributed by atoms with Crippen LogP contribution in [-0.2, 0) is 9.59 Å². The summed E-state index contributed by atoms with van der Waals surface area (Å²) in [5.41, 5.74) is 0. The number of hydrogen-bond donors (Lipinski definition) is 2. The maximum atomic E-state index is 12.2. The minimum atomic E-state index is -0.922. The first-order chi connectivity index (χ1) is 10.1. The SMILES string of the molecule is CCCCC1CCC(C(=O)NC(CCSC)C(=O)O)CC1. The van der Waals surface area contributed by atoms with Gasteiger partial charge in [-0.2, -0.15) is 11.8 Å². The largest absolute Gasteiger partial charge is 0.480 e. The third kappa shape index (κ3) is 6.72. The van der Waals surface area contributed by atoms with Gasteiger partial charge in [-0.05, 0) is 50.0 Å². The van der Waals surface area contributed by atoms with E-state index in [0.29, 0.717) is 6.42 Å². The van der Waals surface area contributed by atoms with Crippen molar-refractivity contribution in [2.75, 3.05) is 12.0 Å². The molecular weight excluding hydrogens is 286 g/mol. The third-order valence-electron chi connectivity index (χ3n) is 4.41. The van der Waals surface area contributed by atoms with Gasteiger partial charge < -0.3 is 10.4 Å². The lowest BCUT2D eigenvalue weighted by Gasteiger charge is -2.28. The topological polar surface area (TPSA) is 66.4 Å². The first kappa shape index (κ1) is 18.3. The Morgan fingerprint density at radius 2 is 1.95 bits per heavy atom. The Kier molecular flexibility index (Phi) is 8.81. The zero-order chi connectivity index (χ0) is 15.7. The maximum Gasteiger partial charge on any atom is 0.326 e. The average Bonchev–Trinajstić information content (AvgIpc) is 2.49. The molecule has 5 heteroatoms. The highest BCUT2D eigenvalue weighted by atomic mass is 32.2. The van der Waals surface area contributed by atoms with Crippen LogP contribution in [0.4, 0.5) is 0 Å². The molecule has 0 aromatic carbocycles. The van der Waals surface area contributed by atoms with E-state index in [1.165, 1.54) is 19.3 Å². The Bertz CT molecular complexity index is 327. The minimum absolute atomic E-state index is 0.0130. The molecule has 0 aromatic heterocycles. The number of nitrogens with one attached hydrogen (secondary N) is 1. The summed E-state index contributed by atoms with van der Waals surface area (Å²) in [4.78, 5) is 23.4. The molecule has 1 atom stereocenters. The molecule has 21 heavy (non-hydrogen) atoms. The fourth-order valence-electron chi connectivity index (χ4n) is 2.99. The van der Waals surface area contributed by atoms with Crippen LogP contribution in [-0.4, -0.2) is 35.0 Å². The number of rotatable bonds is 9. The molecule has 0 radical (unpaired) electrons. The molecule has 0 aromatic rings. The summed E-state index contributed by atoms with van der Waals surface area (Å²) in [6, 6.07) is -0.734. The average molecular weight is 315 g/mol. The molecule has 0 bridgehead atoms. The zero-order valence-corrected chi connectivity index (χ0v) is 14.1. The molecule has 0 heterocycles. The summed E-state index contributed by atoms with van der Waals surface area (Å²) in [5.74, 6) is 0.548. The summed E-state index contributed by atoms with van der Waals surface area (Å²) in [5, 5.41) is 11.9. The quantitative estimate of drug-likeness (QED) is 0.685.